The number of imidazole rings is 1. The molecule has 1 aromatic heterocycles. The number of ether oxygens (including phenoxy) is 1. The van der Waals surface area contributed by atoms with Crippen molar-refractivity contribution in [2.45, 2.75) is 50.7 Å². The van der Waals surface area contributed by atoms with E-state index in [1.54, 1.807) is 6.20 Å². The lowest BCUT2D eigenvalue weighted by Crippen LogP contribution is -2.23. The summed E-state index contributed by atoms with van der Waals surface area (Å²) in [4.78, 5) is 15.6. The third-order valence-electron chi connectivity index (χ3n) is 3.93. The highest BCUT2D eigenvalue weighted by Gasteiger charge is 2.29. The molecule has 0 spiro atoms. The number of aromatic nitrogens is 2. The van der Waals surface area contributed by atoms with E-state index in [0.29, 0.717) is 0 Å². The number of fused-ring (bicyclic) bond motifs is 1. The number of nitrogens with zero attached hydrogens (tertiary/aromatic N) is 2. The van der Waals surface area contributed by atoms with Crippen molar-refractivity contribution in [3.05, 3.63) is 17.7 Å². The molecule has 2 atom stereocenters. The van der Waals surface area contributed by atoms with Crippen LogP contribution < -0.4 is 0 Å². The summed E-state index contributed by atoms with van der Waals surface area (Å²) in [5, 5.41) is 9.21. The Morgan fingerprint density at radius 2 is 2.39 bits per heavy atom. The van der Waals surface area contributed by atoms with Crippen molar-refractivity contribution in [1.29, 1.82) is 0 Å². The largest absolute Gasteiger partial charge is 0.481 e. The average Bonchev–Trinajstić information content (AvgIpc) is 2.99. The van der Waals surface area contributed by atoms with Crippen LogP contribution in [0.5, 0.6) is 0 Å². The lowest BCUT2D eigenvalue weighted by molar-refractivity contribution is -0.139. The van der Waals surface area contributed by atoms with E-state index in [-0.39, 0.29) is 12.0 Å². The van der Waals surface area contributed by atoms with Crippen molar-refractivity contribution in [2.75, 3.05) is 6.61 Å². The fraction of sp³-hybridized carbons (Fsp3) is 0.692. The Labute approximate surface area is 106 Å². The minimum atomic E-state index is -0.737. The zero-order chi connectivity index (χ0) is 12.5. The summed E-state index contributed by atoms with van der Waals surface area (Å²) in [5.74, 6) is -0.133. The first-order valence-electron chi connectivity index (χ1n) is 6.64. The first-order valence-corrected chi connectivity index (χ1v) is 6.64. The van der Waals surface area contributed by atoms with Crippen LogP contribution in [0.15, 0.2) is 6.20 Å². The highest BCUT2D eigenvalue weighted by Crippen LogP contribution is 2.29. The number of rotatable bonds is 3. The average molecular weight is 250 g/mol. The maximum atomic E-state index is 11.2. The number of hydrogen-bond donors (Lipinski definition) is 1. The van der Waals surface area contributed by atoms with E-state index in [0.717, 1.165) is 56.8 Å². The van der Waals surface area contributed by atoms with Crippen LogP contribution in [0, 0.1) is 0 Å². The predicted molar refractivity (Wildman–Crippen MR) is 64.5 cm³/mol. The molecule has 0 saturated carbocycles. The van der Waals surface area contributed by atoms with E-state index in [1.807, 2.05) is 0 Å². The summed E-state index contributed by atoms with van der Waals surface area (Å²) in [6, 6.07) is 0. The lowest BCUT2D eigenvalue weighted by Gasteiger charge is -2.22. The molecule has 2 aliphatic heterocycles. The first kappa shape index (κ1) is 11.7. The third kappa shape index (κ3) is 2.03. The summed E-state index contributed by atoms with van der Waals surface area (Å²) in [6.45, 7) is 1.73. The van der Waals surface area contributed by atoms with E-state index in [1.165, 1.54) is 0 Å². The molecule has 98 valence electrons. The second-order valence-electron chi connectivity index (χ2n) is 5.12. The fourth-order valence-corrected chi connectivity index (χ4v) is 2.99. The van der Waals surface area contributed by atoms with Crippen LogP contribution in [-0.4, -0.2) is 33.3 Å². The minimum absolute atomic E-state index is 0.265. The van der Waals surface area contributed by atoms with E-state index in [9.17, 15) is 9.90 Å². The fourth-order valence-electron chi connectivity index (χ4n) is 2.99. The Bertz CT molecular complexity index is 449. The predicted octanol–water partition coefficient (Wildman–Crippen LogP) is 1.57. The molecule has 0 radical (unpaired) electrons. The molecule has 0 amide bonds. The Kier molecular flexibility index (Phi) is 3.07. The van der Waals surface area contributed by atoms with Crippen molar-refractivity contribution in [3.8, 4) is 0 Å². The Hall–Kier alpha value is -1.36. The molecular weight excluding hydrogens is 232 g/mol. The number of hydrogen-bond acceptors (Lipinski definition) is 3. The van der Waals surface area contributed by atoms with Gasteiger partial charge in [0.05, 0.1) is 17.7 Å². The lowest BCUT2D eigenvalue weighted by atomic mass is 9.96. The molecule has 2 aliphatic rings. The molecule has 1 fully saturated rings. The zero-order valence-electron chi connectivity index (χ0n) is 10.3. The molecule has 5 heteroatoms. The molecule has 2 unspecified atom stereocenters. The van der Waals surface area contributed by atoms with E-state index < -0.39 is 5.97 Å². The van der Waals surface area contributed by atoms with E-state index >= 15 is 0 Å². The highest BCUT2D eigenvalue weighted by atomic mass is 16.5. The Morgan fingerprint density at radius 1 is 1.50 bits per heavy atom. The van der Waals surface area contributed by atoms with Gasteiger partial charge in [-0.15, -0.1) is 0 Å². The Morgan fingerprint density at radius 3 is 3.11 bits per heavy atom. The van der Waals surface area contributed by atoms with Crippen LogP contribution in [-0.2, 0) is 22.5 Å². The summed E-state index contributed by atoms with van der Waals surface area (Å²) in [7, 11) is 0. The molecule has 0 aromatic carbocycles. The number of carboxylic acid groups (broad SMARTS) is 1. The molecule has 18 heavy (non-hydrogen) atoms. The maximum Gasteiger partial charge on any atom is 0.312 e. The van der Waals surface area contributed by atoms with Crippen molar-refractivity contribution >= 4 is 5.97 Å². The van der Waals surface area contributed by atoms with Crippen LogP contribution in [0.25, 0.3) is 0 Å². The van der Waals surface area contributed by atoms with E-state index in [2.05, 4.69) is 9.55 Å². The van der Waals surface area contributed by atoms with Gasteiger partial charge in [0.25, 0.3) is 0 Å². The normalized spacial score (nSPS) is 27.1. The second-order valence-corrected chi connectivity index (χ2v) is 5.12. The van der Waals surface area contributed by atoms with Crippen LogP contribution in [0.1, 0.15) is 43.1 Å². The molecular formula is C13H18N2O3. The number of aliphatic carboxylic acids is 1. The molecule has 1 aromatic rings. The van der Waals surface area contributed by atoms with Crippen molar-refractivity contribution in [3.63, 3.8) is 0 Å². The van der Waals surface area contributed by atoms with Crippen molar-refractivity contribution < 1.29 is 14.6 Å². The molecule has 1 saturated heterocycles. The highest BCUT2D eigenvalue weighted by molar-refractivity contribution is 5.75. The summed E-state index contributed by atoms with van der Waals surface area (Å²) >= 11 is 0. The number of carbonyl (C=O) groups is 1. The van der Waals surface area contributed by atoms with Crippen LogP contribution in [0.3, 0.4) is 0 Å². The van der Waals surface area contributed by atoms with Gasteiger partial charge < -0.3 is 14.4 Å². The van der Waals surface area contributed by atoms with Gasteiger partial charge in [0.2, 0.25) is 0 Å². The number of carboxylic acids is 1. The summed E-state index contributed by atoms with van der Waals surface area (Å²) in [6.07, 6.45) is 6.66. The Balaban J connectivity index is 1.82. The van der Waals surface area contributed by atoms with Crippen LogP contribution in [0.2, 0.25) is 0 Å². The van der Waals surface area contributed by atoms with Crippen molar-refractivity contribution in [1.82, 2.24) is 9.55 Å². The van der Waals surface area contributed by atoms with Crippen LogP contribution in [0.4, 0.5) is 0 Å². The zero-order valence-corrected chi connectivity index (χ0v) is 10.3. The topological polar surface area (TPSA) is 64.3 Å². The molecule has 1 N–H and O–H groups in total. The van der Waals surface area contributed by atoms with E-state index in [4.69, 9.17) is 4.74 Å². The standard InChI is InChI=1S/C13H18N2O3/c16-13(17)10-4-1-5-15-11(10)8-14-12(15)7-9-3-2-6-18-9/h8-10H,1-7H2,(H,16,17). The van der Waals surface area contributed by atoms with Gasteiger partial charge in [0.1, 0.15) is 5.82 Å². The van der Waals surface area contributed by atoms with Gasteiger partial charge in [-0.2, -0.15) is 0 Å². The van der Waals surface area contributed by atoms with Gasteiger partial charge >= 0.3 is 5.97 Å². The van der Waals surface area contributed by atoms with Gasteiger partial charge in [-0.3, -0.25) is 4.79 Å². The van der Waals surface area contributed by atoms with Gasteiger partial charge in [-0.05, 0) is 25.7 Å². The van der Waals surface area contributed by atoms with Crippen molar-refractivity contribution in [2.24, 2.45) is 0 Å². The van der Waals surface area contributed by atoms with Gasteiger partial charge in [0, 0.05) is 25.8 Å². The summed E-state index contributed by atoms with van der Waals surface area (Å²) < 4.78 is 7.71. The molecule has 0 aliphatic carbocycles. The molecule has 5 nitrogen and oxygen atoms in total. The van der Waals surface area contributed by atoms with Gasteiger partial charge in [0.15, 0.2) is 0 Å². The monoisotopic (exact) mass is 250 g/mol. The van der Waals surface area contributed by atoms with Gasteiger partial charge in [-0.25, -0.2) is 4.98 Å². The SMILES string of the molecule is O=C(O)C1CCCn2c1cnc2CC1CCCO1. The molecule has 3 rings (SSSR count). The molecule has 3 heterocycles. The maximum absolute atomic E-state index is 11.2. The second kappa shape index (κ2) is 4.72. The quantitative estimate of drug-likeness (QED) is 0.884. The minimum Gasteiger partial charge on any atom is -0.481 e. The third-order valence-corrected chi connectivity index (χ3v) is 3.93. The van der Waals surface area contributed by atoms with Gasteiger partial charge in [-0.1, -0.05) is 0 Å². The smallest absolute Gasteiger partial charge is 0.312 e. The molecule has 0 bridgehead atoms. The van der Waals surface area contributed by atoms with Crippen LogP contribution >= 0.6 is 0 Å². The summed E-state index contributed by atoms with van der Waals surface area (Å²) in [5.41, 5.74) is 0.863. The first-order chi connectivity index (χ1) is 8.75.